The molecule has 100 valence electrons. The number of aromatic nitrogens is 2. The molecule has 6 heteroatoms. The first-order valence-electron chi connectivity index (χ1n) is 5.57. The minimum Gasteiger partial charge on any atom is -0.383 e. The summed E-state index contributed by atoms with van der Waals surface area (Å²) in [5, 5.41) is 0. The number of alkyl halides is 3. The first kappa shape index (κ1) is 13.3. The summed E-state index contributed by atoms with van der Waals surface area (Å²) in [5.74, 6) is -0.163. The van der Waals surface area contributed by atoms with E-state index >= 15 is 0 Å². The van der Waals surface area contributed by atoms with Crippen LogP contribution in [0.3, 0.4) is 0 Å². The van der Waals surface area contributed by atoms with Gasteiger partial charge in [0.05, 0.1) is 5.56 Å². The fraction of sp³-hybridized carbons (Fsp3) is 0.231. The number of halogens is 3. The zero-order valence-electron chi connectivity index (χ0n) is 10.4. The fourth-order valence-corrected chi connectivity index (χ4v) is 1.80. The molecule has 0 unspecified atom stereocenters. The number of benzene rings is 1. The molecule has 0 spiro atoms. The number of nitrogens with zero attached hydrogens (tertiary/aromatic N) is 2. The van der Waals surface area contributed by atoms with Gasteiger partial charge < -0.3 is 5.73 Å². The maximum Gasteiger partial charge on any atom is 0.434 e. The number of anilines is 1. The van der Waals surface area contributed by atoms with Gasteiger partial charge in [0.1, 0.15) is 11.6 Å². The van der Waals surface area contributed by atoms with E-state index in [4.69, 9.17) is 5.73 Å². The first-order chi connectivity index (χ1) is 8.79. The lowest BCUT2D eigenvalue weighted by Crippen LogP contribution is -2.14. The summed E-state index contributed by atoms with van der Waals surface area (Å²) < 4.78 is 39.1. The third kappa shape index (κ3) is 2.67. The summed E-state index contributed by atoms with van der Waals surface area (Å²) in [6.45, 7) is 3.23. The molecule has 1 heterocycles. The Bertz CT molecular complexity index is 604. The van der Waals surface area contributed by atoms with Crippen molar-refractivity contribution in [1.82, 2.24) is 9.97 Å². The van der Waals surface area contributed by atoms with Crippen molar-refractivity contribution in [1.29, 1.82) is 0 Å². The molecular formula is C13H12F3N3. The highest BCUT2D eigenvalue weighted by Crippen LogP contribution is 2.38. The minimum absolute atomic E-state index is 0.000636. The average molecular weight is 267 g/mol. The van der Waals surface area contributed by atoms with Gasteiger partial charge in [-0.25, -0.2) is 9.97 Å². The molecule has 19 heavy (non-hydrogen) atoms. The van der Waals surface area contributed by atoms with Crippen molar-refractivity contribution in [3.63, 3.8) is 0 Å². The van der Waals surface area contributed by atoms with Crippen LogP contribution < -0.4 is 5.73 Å². The number of nitrogens with two attached hydrogens (primary N) is 1. The van der Waals surface area contributed by atoms with Gasteiger partial charge in [-0.2, -0.15) is 13.2 Å². The Morgan fingerprint density at radius 3 is 2.11 bits per heavy atom. The summed E-state index contributed by atoms with van der Waals surface area (Å²) in [6, 6.07) is 6.59. The smallest absolute Gasteiger partial charge is 0.383 e. The Labute approximate surface area is 108 Å². The summed E-state index contributed by atoms with van der Waals surface area (Å²) in [6.07, 6.45) is -4.57. The summed E-state index contributed by atoms with van der Waals surface area (Å²) in [4.78, 5) is 7.30. The molecule has 0 amide bonds. The highest BCUT2D eigenvalue weighted by molar-refractivity contribution is 5.76. The van der Waals surface area contributed by atoms with E-state index in [1.807, 2.05) is 6.92 Å². The summed E-state index contributed by atoms with van der Waals surface area (Å²) >= 11 is 0. The highest BCUT2D eigenvalue weighted by Gasteiger charge is 2.37. The monoisotopic (exact) mass is 267 g/mol. The molecule has 0 aliphatic carbocycles. The van der Waals surface area contributed by atoms with Crippen LogP contribution in [0.4, 0.5) is 19.0 Å². The molecule has 0 atom stereocenters. The second-order valence-electron chi connectivity index (χ2n) is 4.24. The first-order valence-corrected chi connectivity index (χ1v) is 5.57. The quantitative estimate of drug-likeness (QED) is 0.861. The molecular weight excluding hydrogens is 255 g/mol. The molecule has 2 N–H and O–H groups in total. The van der Waals surface area contributed by atoms with Crippen molar-refractivity contribution in [2.45, 2.75) is 20.0 Å². The van der Waals surface area contributed by atoms with Gasteiger partial charge in [-0.3, -0.25) is 0 Å². The topological polar surface area (TPSA) is 51.8 Å². The maximum absolute atomic E-state index is 13.0. The molecule has 1 aromatic carbocycles. The molecule has 1 aromatic heterocycles. The van der Waals surface area contributed by atoms with Crippen LogP contribution in [0.5, 0.6) is 0 Å². The van der Waals surface area contributed by atoms with Crippen LogP contribution in [-0.2, 0) is 6.18 Å². The van der Waals surface area contributed by atoms with Crippen molar-refractivity contribution in [2.75, 3.05) is 5.73 Å². The number of nitrogen functional groups attached to an aromatic ring is 1. The van der Waals surface area contributed by atoms with Gasteiger partial charge in [0, 0.05) is 0 Å². The Morgan fingerprint density at radius 2 is 1.58 bits per heavy atom. The van der Waals surface area contributed by atoms with E-state index < -0.39 is 11.9 Å². The van der Waals surface area contributed by atoms with Crippen molar-refractivity contribution >= 4 is 5.82 Å². The molecule has 2 rings (SSSR count). The van der Waals surface area contributed by atoms with Crippen molar-refractivity contribution in [2.24, 2.45) is 0 Å². The molecule has 0 aliphatic rings. The average Bonchev–Trinajstić information content (AvgIpc) is 2.28. The van der Waals surface area contributed by atoms with E-state index in [-0.39, 0.29) is 17.2 Å². The second kappa shape index (κ2) is 4.53. The predicted molar refractivity (Wildman–Crippen MR) is 66.4 cm³/mol. The lowest BCUT2D eigenvalue weighted by Gasteiger charge is -2.14. The van der Waals surface area contributed by atoms with Crippen LogP contribution in [0.15, 0.2) is 24.3 Å². The van der Waals surface area contributed by atoms with Gasteiger partial charge in [-0.05, 0) is 19.4 Å². The minimum atomic E-state index is -4.57. The lowest BCUT2D eigenvalue weighted by molar-refractivity contribution is -0.140. The third-order valence-electron chi connectivity index (χ3n) is 2.66. The Balaban J connectivity index is 2.71. The molecule has 0 saturated heterocycles. The molecule has 0 fully saturated rings. The van der Waals surface area contributed by atoms with E-state index in [1.165, 1.54) is 6.92 Å². The van der Waals surface area contributed by atoms with Gasteiger partial charge >= 0.3 is 6.18 Å². The summed E-state index contributed by atoms with van der Waals surface area (Å²) in [7, 11) is 0. The van der Waals surface area contributed by atoms with Crippen LogP contribution in [0.1, 0.15) is 17.1 Å². The molecule has 3 nitrogen and oxygen atoms in total. The van der Waals surface area contributed by atoms with Gasteiger partial charge in [0.25, 0.3) is 0 Å². The predicted octanol–water partition coefficient (Wildman–Crippen LogP) is 3.36. The highest BCUT2D eigenvalue weighted by atomic mass is 19.4. The second-order valence-corrected chi connectivity index (χ2v) is 4.24. The van der Waals surface area contributed by atoms with Crippen molar-refractivity contribution in [3.8, 4) is 11.1 Å². The van der Waals surface area contributed by atoms with Crippen LogP contribution in [0.25, 0.3) is 11.1 Å². The largest absolute Gasteiger partial charge is 0.434 e. The Hall–Kier alpha value is -2.11. The number of hydrogen-bond donors (Lipinski definition) is 1. The number of aryl methyl sites for hydroxylation is 2. The SMILES string of the molecule is Cc1ccc(-c2c(N)nc(C)nc2C(F)(F)F)cc1. The fourth-order valence-electron chi connectivity index (χ4n) is 1.80. The number of rotatable bonds is 1. The van der Waals surface area contributed by atoms with Crippen LogP contribution in [-0.4, -0.2) is 9.97 Å². The van der Waals surface area contributed by atoms with Crippen LogP contribution in [0.2, 0.25) is 0 Å². The maximum atomic E-state index is 13.0. The molecule has 0 bridgehead atoms. The lowest BCUT2D eigenvalue weighted by atomic mass is 10.0. The Kier molecular flexibility index (Phi) is 3.18. The van der Waals surface area contributed by atoms with E-state index in [9.17, 15) is 13.2 Å². The zero-order valence-corrected chi connectivity index (χ0v) is 10.4. The van der Waals surface area contributed by atoms with E-state index in [0.717, 1.165) is 5.56 Å². The van der Waals surface area contributed by atoms with E-state index in [1.54, 1.807) is 24.3 Å². The Morgan fingerprint density at radius 1 is 1.00 bits per heavy atom. The van der Waals surface area contributed by atoms with Gasteiger partial charge in [-0.1, -0.05) is 29.8 Å². The third-order valence-corrected chi connectivity index (χ3v) is 2.66. The number of hydrogen-bond acceptors (Lipinski definition) is 3. The van der Waals surface area contributed by atoms with Gasteiger partial charge in [-0.15, -0.1) is 0 Å². The zero-order chi connectivity index (χ0) is 14.2. The molecule has 0 saturated carbocycles. The van der Waals surface area contributed by atoms with Crippen molar-refractivity contribution < 1.29 is 13.2 Å². The standard InChI is InChI=1S/C13H12F3N3/c1-7-3-5-9(6-4-7)10-11(13(14,15)16)18-8(2)19-12(10)17/h3-6H,1-2H3,(H2,17,18,19). The van der Waals surface area contributed by atoms with E-state index in [0.29, 0.717) is 5.56 Å². The molecule has 2 aromatic rings. The summed E-state index contributed by atoms with van der Waals surface area (Å²) in [5.41, 5.74) is 5.78. The van der Waals surface area contributed by atoms with Crippen molar-refractivity contribution in [3.05, 3.63) is 41.3 Å². The normalized spacial score (nSPS) is 11.6. The van der Waals surface area contributed by atoms with Gasteiger partial charge in [0.2, 0.25) is 0 Å². The molecule has 0 radical (unpaired) electrons. The van der Waals surface area contributed by atoms with Gasteiger partial charge in [0.15, 0.2) is 5.69 Å². The van der Waals surface area contributed by atoms with E-state index in [2.05, 4.69) is 9.97 Å². The van der Waals surface area contributed by atoms with Crippen LogP contribution >= 0.6 is 0 Å². The molecule has 0 aliphatic heterocycles. The van der Waals surface area contributed by atoms with Crippen LogP contribution in [0, 0.1) is 13.8 Å².